The highest BCUT2D eigenvalue weighted by Crippen LogP contribution is 2.15. The number of fused-ring (bicyclic) bond motifs is 1. The van der Waals surface area contributed by atoms with Crippen LogP contribution in [0.15, 0.2) is 24.4 Å². The first-order valence-electron chi connectivity index (χ1n) is 4.16. The van der Waals surface area contributed by atoms with Gasteiger partial charge in [-0.1, -0.05) is 18.2 Å². The Morgan fingerprint density at radius 1 is 1.46 bits per heavy atom. The molecule has 3 heteroatoms. The van der Waals surface area contributed by atoms with Crippen LogP contribution in [0.25, 0.3) is 15.7 Å². The Hall–Kier alpha value is -1.82. The SMILES string of the molecule is [C-]#[N+]CCc1cccc2cn[nH]c12. The predicted molar refractivity (Wildman–Crippen MR) is 51.3 cm³/mol. The van der Waals surface area contributed by atoms with Crippen LogP contribution in [-0.2, 0) is 6.42 Å². The van der Waals surface area contributed by atoms with Gasteiger partial charge in [0.1, 0.15) is 0 Å². The van der Waals surface area contributed by atoms with Gasteiger partial charge in [-0.3, -0.25) is 5.10 Å². The molecule has 0 aliphatic heterocycles. The molecule has 64 valence electrons. The summed E-state index contributed by atoms with van der Waals surface area (Å²) in [6.07, 6.45) is 2.60. The Bertz CT molecular complexity index is 450. The first kappa shape index (κ1) is 7.81. The quantitative estimate of drug-likeness (QED) is 0.689. The third kappa shape index (κ3) is 1.38. The Morgan fingerprint density at radius 3 is 3.23 bits per heavy atom. The number of rotatable bonds is 2. The summed E-state index contributed by atoms with van der Waals surface area (Å²) < 4.78 is 0. The lowest BCUT2D eigenvalue weighted by molar-refractivity contribution is 1.06. The second-order valence-electron chi connectivity index (χ2n) is 2.88. The number of H-pyrrole nitrogens is 1. The van der Waals surface area contributed by atoms with Crippen molar-refractivity contribution in [3.8, 4) is 0 Å². The van der Waals surface area contributed by atoms with Crippen molar-refractivity contribution in [1.29, 1.82) is 0 Å². The molecule has 0 atom stereocenters. The molecule has 0 aliphatic rings. The summed E-state index contributed by atoms with van der Waals surface area (Å²) in [5.41, 5.74) is 2.23. The predicted octanol–water partition coefficient (Wildman–Crippen LogP) is 2.02. The molecule has 0 radical (unpaired) electrons. The minimum absolute atomic E-state index is 0.540. The third-order valence-corrected chi connectivity index (χ3v) is 2.06. The van der Waals surface area contributed by atoms with Crippen molar-refractivity contribution in [1.82, 2.24) is 10.2 Å². The third-order valence-electron chi connectivity index (χ3n) is 2.06. The van der Waals surface area contributed by atoms with Crippen LogP contribution in [0.4, 0.5) is 0 Å². The average Bonchev–Trinajstić information content (AvgIpc) is 2.62. The van der Waals surface area contributed by atoms with E-state index in [1.54, 1.807) is 6.20 Å². The Labute approximate surface area is 76.2 Å². The standard InChI is InChI=1S/C10H9N3/c1-11-6-5-8-3-2-4-9-7-12-13-10(8)9/h2-4,7H,5-6H2,(H,12,13). The van der Waals surface area contributed by atoms with Gasteiger partial charge in [-0.25, -0.2) is 6.57 Å². The van der Waals surface area contributed by atoms with E-state index in [0.717, 1.165) is 17.3 Å². The van der Waals surface area contributed by atoms with Crippen molar-refractivity contribution in [3.05, 3.63) is 41.4 Å². The van der Waals surface area contributed by atoms with Crippen molar-refractivity contribution < 1.29 is 0 Å². The maximum Gasteiger partial charge on any atom is 0.218 e. The largest absolute Gasteiger partial charge is 0.317 e. The molecule has 1 N–H and O–H groups in total. The number of benzene rings is 1. The van der Waals surface area contributed by atoms with Crippen molar-refractivity contribution in [2.24, 2.45) is 0 Å². The summed E-state index contributed by atoms with van der Waals surface area (Å²) in [7, 11) is 0. The van der Waals surface area contributed by atoms with Crippen LogP contribution in [0, 0.1) is 6.57 Å². The number of aromatic nitrogens is 2. The molecule has 0 saturated heterocycles. The maximum atomic E-state index is 6.72. The van der Waals surface area contributed by atoms with Gasteiger partial charge in [0.15, 0.2) is 0 Å². The van der Waals surface area contributed by atoms with Gasteiger partial charge in [0.2, 0.25) is 6.54 Å². The first-order valence-corrected chi connectivity index (χ1v) is 4.16. The summed E-state index contributed by atoms with van der Waals surface area (Å²) in [6, 6.07) is 6.04. The summed E-state index contributed by atoms with van der Waals surface area (Å²) in [4.78, 5) is 3.34. The van der Waals surface area contributed by atoms with Gasteiger partial charge in [0.05, 0.1) is 11.7 Å². The molecule has 0 bridgehead atoms. The molecule has 2 rings (SSSR count). The lowest BCUT2D eigenvalue weighted by Crippen LogP contribution is -1.88. The monoisotopic (exact) mass is 171 g/mol. The minimum atomic E-state index is 0.540. The van der Waals surface area contributed by atoms with E-state index in [1.165, 1.54) is 5.56 Å². The molecule has 1 aromatic carbocycles. The van der Waals surface area contributed by atoms with E-state index in [1.807, 2.05) is 18.2 Å². The van der Waals surface area contributed by atoms with Crippen molar-refractivity contribution in [2.45, 2.75) is 6.42 Å². The molecule has 0 amide bonds. The van der Waals surface area contributed by atoms with E-state index in [-0.39, 0.29) is 0 Å². The van der Waals surface area contributed by atoms with E-state index >= 15 is 0 Å². The van der Waals surface area contributed by atoms with E-state index in [9.17, 15) is 0 Å². The highest BCUT2D eigenvalue weighted by Gasteiger charge is 2.02. The number of aromatic amines is 1. The Kier molecular flexibility index (Phi) is 1.97. The number of hydrogen-bond acceptors (Lipinski definition) is 1. The van der Waals surface area contributed by atoms with Crippen LogP contribution in [0.2, 0.25) is 0 Å². The van der Waals surface area contributed by atoms with E-state index < -0.39 is 0 Å². The zero-order valence-electron chi connectivity index (χ0n) is 7.12. The van der Waals surface area contributed by atoms with Gasteiger partial charge in [0, 0.05) is 11.8 Å². The molecule has 0 spiro atoms. The Morgan fingerprint density at radius 2 is 2.38 bits per heavy atom. The second-order valence-corrected chi connectivity index (χ2v) is 2.88. The van der Waals surface area contributed by atoms with Crippen LogP contribution in [0.3, 0.4) is 0 Å². The van der Waals surface area contributed by atoms with E-state index in [4.69, 9.17) is 6.57 Å². The molecule has 13 heavy (non-hydrogen) atoms. The van der Waals surface area contributed by atoms with Crippen LogP contribution in [0.5, 0.6) is 0 Å². The van der Waals surface area contributed by atoms with Gasteiger partial charge < -0.3 is 4.85 Å². The number of nitrogens with one attached hydrogen (secondary N) is 1. The smallest absolute Gasteiger partial charge is 0.218 e. The zero-order valence-corrected chi connectivity index (χ0v) is 7.12. The fraction of sp³-hybridized carbons (Fsp3) is 0.200. The van der Waals surface area contributed by atoms with Gasteiger partial charge in [-0.15, -0.1) is 0 Å². The fourth-order valence-electron chi connectivity index (χ4n) is 1.41. The average molecular weight is 171 g/mol. The van der Waals surface area contributed by atoms with Gasteiger partial charge in [-0.05, 0) is 5.56 Å². The first-order chi connectivity index (χ1) is 6.42. The molecule has 0 aliphatic carbocycles. The molecule has 0 unspecified atom stereocenters. The molecular formula is C10H9N3. The topological polar surface area (TPSA) is 33.0 Å². The van der Waals surface area contributed by atoms with Crippen LogP contribution in [-0.4, -0.2) is 16.7 Å². The zero-order chi connectivity index (χ0) is 9.10. The molecule has 0 saturated carbocycles. The van der Waals surface area contributed by atoms with E-state index in [2.05, 4.69) is 15.0 Å². The van der Waals surface area contributed by atoms with E-state index in [0.29, 0.717) is 6.54 Å². The number of nitrogens with zero attached hydrogens (tertiary/aromatic N) is 2. The lowest BCUT2D eigenvalue weighted by Gasteiger charge is -1.96. The number of para-hydroxylation sites is 1. The highest BCUT2D eigenvalue weighted by atomic mass is 15.1. The molecule has 2 aromatic rings. The van der Waals surface area contributed by atoms with Crippen LogP contribution in [0.1, 0.15) is 5.56 Å². The second kappa shape index (κ2) is 3.28. The van der Waals surface area contributed by atoms with Crippen LogP contribution >= 0.6 is 0 Å². The van der Waals surface area contributed by atoms with Gasteiger partial charge in [0.25, 0.3) is 0 Å². The van der Waals surface area contributed by atoms with Crippen molar-refractivity contribution in [2.75, 3.05) is 6.54 Å². The van der Waals surface area contributed by atoms with Gasteiger partial charge in [-0.2, -0.15) is 5.10 Å². The maximum absolute atomic E-state index is 6.72. The van der Waals surface area contributed by atoms with Crippen molar-refractivity contribution in [3.63, 3.8) is 0 Å². The minimum Gasteiger partial charge on any atom is -0.317 e. The summed E-state index contributed by atoms with van der Waals surface area (Å²) in [5, 5.41) is 8.03. The molecule has 3 nitrogen and oxygen atoms in total. The normalized spacial score (nSPS) is 10.1. The van der Waals surface area contributed by atoms with Crippen molar-refractivity contribution >= 4 is 10.9 Å². The molecule has 1 heterocycles. The fourth-order valence-corrected chi connectivity index (χ4v) is 1.41. The summed E-state index contributed by atoms with van der Waals surface area (Å²) in [5.74, 6) is 0. The van der Waals surface area contributed by atoms with Crippen LogP contribution < -0.4 is 0 Å². The molecule has 1 aromatic heterocycles. The Balaban J connectivity index is 2.44. The molecular weight excluding hydrogens is 162 g/mol. The summed E-state index contributed by atoms with van der Waals surface area (Å²) in [6.45, 7) is 7.26. The lowest BCUT2D eigenvalue weighted by atomic mass is 10.1. The molecule has 0 fully saturated rings. The van der Waals surface area contributed by atoms with Gasteiger partial charge >= 0.3 is 0 Å². The summed E-state index contributed by atoms with van der Waals surface area (Å²) >= 11 is 0. The highest BCUT2D eigenvalue weighted by molar-refractivity contribution is 5.81. The number of hydrogen-bond donors (Lipinski definition) is 1.